The first kappa shape index (κ1) is 12.8. The summed E-state index contributed by atoms with van der Waals surface area (Å²) in [6, 6.07) is 5.91. The van der Waals surface area contributed by atoms with Crippen molar-refractivity contribution in [3.8, 4) is 5.75 Å². The van der Waals surface area contributed by atoms with Crippen molar-refractivity contribution < 1.29 is 14.6 Å². The van der Waals surface area contributed by atoms with E-state index in [1.807, 2.05) is 0 Å². The third kappa shape index (κ3) is 5.97. The zero-order valence-electron chi connectivity index (χ0n) is 8.25. The summed E-state index contributed by atoms with van der Waals surface area (Å²) in [5, 5.41) is 19.0. The van der Waals surface area contributed by atoms with Crippen molar-refractivity contribution in [3.63, 3.8) is 0 Å². The predicted molar refractivity (Wildman–Crippen MR) is 52.6 cm³/mol. The van der Waals surface area contributed by atoms with Gasteiger partial charge in [-0.25, -0.2) is 0 Å². The van der Waals surface area contributed by atoms with Crippen LogP contribution in [0.2, 0.25) is 0 Å². The third-order valence-corrected chi connectivity index (χ3v) is 1.28. The molecule has 0 saturated carbocycles. The van der Waals surface area contributed by atoms with E-state index in [0.717, 1.165) is 7.05 Å². The van der Waals surface area contributed by atoms with Crippen LogP contribution in [0.5, 0.6) is 5.75 Å². The van der Waals surface area contributed by atoms with Crippen molar-refractivity contribution in [3.05, 3.63) is 44.5 Å². The van der Waals surface area contributed by atoms with Gasteiger partial charge in [-0.1, -0.05) is 0 Å². The van der Waals surface area contributed by atoms with Crippen molar-refractivity contribution in [1.29, 1.82) is 0 Å². The lowest BCUT2D eigenvalue weighted by Gasteiger charge is -1.96. The SMILES string of the molecule is COc1ccc([N+](=O)[O-])cc1.C[N+](=O)[O-]. The number of rotatable bonds is 2. The van der Waals surface area contributed by atoms with Gasteiger partial charge in [0.1, 0.15) is 5.75 Å². The zero-order chi connectivity index (χ0) is 11.8. The normalized spacial score (nSPS) is 8.40. The lowest BCUT2D eigenvalue weighted by Crippen LogP contribution is -1.87. The summed E-state index contributed by atoms with van der Waals surface area (Å²) in [5.41, 5.74) is 0.0748. The molecule has 1 aromatic carbocycles. The molecule has 0 spiro atoms. The molecule has 0 aliphatic heterocycles. The summed E-state index contributed by atoms with van der Waals surface area (Å²) in [7, 11) is 2.40. The topological polar surface area (TPSA) is 95.5 Å². The molecule has 0 atom stereocenters. The highest BCUT2D eigenvalue weighted by Crippen LogP contribution is 2.16. The predicted octanol–water partition coefficient (Wildman–Crippen LogP) is 1.50. The Morgan fingerprint density at radius 3 is 1.80 bits per heavy atom. The summed E-state index contributed by atoms with van der Waals surface area (Å²) in [6.07, 6.45) is 0. The summed E-state index contributed by atoms with van der Waals surface area (Å²) < 4.78 is 4.83. The van der Waals surface area contributed by atoms with Crippen LogP contribution in [0, 0.1) is 20.2 Å². The maximum Gasteiger partial charge on any atom is 0.269 e. The molecule has 0 aliphatic rings. The van der Waals surface area contributed by atoms with Gasteiger partial charge in [-0.05, 0) is 12.1 Å². The number of non-ortho nitro benzene ring substituents is 1. The van der Waals surface area contributed by atoms with E-state index < -0.39 is 9.85 Å². The number of hydrogen-bond acceptors (Lipinski definition) is 5. The second-order valence-corrected chi connectivity index (χ2v) is 2.39. The van der Waals surface area contributed by atoms with Crippen LogP contribution in [0.3, 0.4) is 0 Å². The summed E-state index contributed by atoms with van der Waals surface area (Å²) in [5.74, 6) is 0.621. The highest BCUT2D eigenvalue weighted by Gasteiger charge is 2.02. The fourth-order valence-electron chi connectivity index (χ4n) is 0.704. The van der Waals surface area contributed by atoms with Crippen molar-refractivity contribution in [2.75, 3.05) is 14.2 Å². The van der Waals surface area contributed by atoms with Gasteiger partial charge < -0.3 is 4.74 Å². The van der Waals surface area contributed by atoms with Gasteiger partial charge in [0.05, 0.1) is 12.0 Å². The van der Waals surface area contributed by atoms with Crippen LogP contribution < -0.4 is 4.74 Å². The minimum absolute atomic E-state index is 0.0748. The van der Waals surface area contributed by atoms with Gasteiger partial charge in [0.25, 0.3) is 5.69 Å². The van der Waals surface area contributed by atoms with Gasteiger partial charge in [0, 0.05) is 17.1 Å². The Kier molecular flexibility index (Phi) is 5.38. The van der Waals surface area contributed by atoms with Gasteiger partial charge in [0.15, 0.2) is 7.05 Å². The third-order valence-electron chi connectivity index (χ3n) is 1.28. The molecule has 15 heavy (non-hydrogen) atoms. The second kappa shape index (κ2) is 6.30. The van der Waals surface area contributed by atoms with Crippen molar-refractivity contribution in [1.82, 2.24) is 0 Å². The van der Waals surface area contributed by atoms with E-state index in [1.165, 1.54) is 19.2 Å². The van der Waals surface area contributed by atoms with E-state index in [2.05, 4.69) is 0 Å². The van der Waals surface area contributed by atoms with Crippen LogP contribution in [0.15, 0.2) is 24.3 Å². The highest BCUT2D eigenvalue weighted by molar-refractivity contribution is 5.35. The molecule has 7 nitrogen and oxygen atoms in total. The molecule has 0 fully saturated rings. The molecule has 82 valence electrons. The van der Waals surface area contributed by atoms with Gasteiger partial charge in [-0.3, -0.25) is 20.2 Å². The lowest BCUT2D eigenvalue weighted by atomic mass is 10.3. The quantitative estimate of drug-likeness (QED) is 0.549. The molecule has 0 heterocycles. The molecule has 1 aromatic rings. The van der Waals surface area contributed by atoms with E-state index in [-0.39, 0.29) is 5.69 Å². The summed E-state index contributed by atoms with van der Waals surface area (Å²) >= 11 is 0. The molecule has 0 aromatic heterocycles. The van der Waals surface area contributed by atoms with E-state index in [1.54, 1.807) is 12.1 Å². The fraction of sp³-hybridized carbons (Fsp3) is 0.250. The smallest absolute Gasteiger partial charge is 0.269 e. The van der Waals surface area contributed by atoms with Crippen molar-refractivity contribution >= 4 is 5.69 Å². The Labute approximate surface area is 85.6 Å². The number of benzene rings is 1. The fourth-order valence-corrected chi connectivity index (χ4v) is 0.704. The second-order valence-electron chi connectivity index (χ2n) is 2.39. The van der Waals surface area contributed by atoms with E-state index in [4.69, 9.17) is 14.9 Å². The molecule has 0 N–H and O–H groups in total. The van der Waals surface area contributed by atoms with Crippen molar-refractivity contribution in [2.24, 2.45) is 0 Å². The van der Waals surface area contributed by atoms with Gasteiger partial charge in [0.2, 0.25) is 0 Å². The Hall–Kier alpha value is -2.18. The zero-order valence-corrected chi connectivity index (χ0v) is 8.25. The monoisotopic (exact) mass is 214 g/mol. The minimum atomic E-state index is -0.500. The molecular weight excluding hydrogens is 204 g/mol. The Morgan fingerprint density at radius 2 is 1.53 bits per heavy atom. The molecule has 0 bridgehead atoms. The number of ether oxygens (including phenoxy) is 1. The van der Waals surface area contributed by atoms with Crippen LogP contribution in [0.25, 0.3) is 0 Å². The van der Waals surface area contributed by atoms with Crippen LogP contribution in [0.4, 0.5) is 5.69 Å². The number of nitro benzene ring substituents is 1. The van der Waals surface area contributed by atoms with Crippen molar-refractivity contribution in [2.45, 2.75) is 0 Å². The molecule has 7 heteroatoms. The largest absolute Gasteiger partial charge is 0.497 e. The highest BCUT2D eigenvalue weighted by atomic mass is 16.6. The molecule has 0 amide bonds. The average molecular weight is 214 g/mol. The number of nitro groups is 2. The lowest BCUT2D eigenvalue weighted by molar-refractivity contribution is -0.445. The molecule has 0 radical (unpaired) electrons. The molecule has 0 unspecified atom stereocenters. The summed E-state index contributed by atoms with van der Waals surface area (Å²) in [6.45, 7) is 0. The molecular formula is C8H10N2O5. The van der Waals surface area contributed by atoms with Crippen LogP contribution >= 0.6 is 0 Å². The first-order chi connectivity index (χ1) is 6.97. The average Bonchev–Trinajstić information content (AvgIpc) is 2.17. The van der Waals surface area contributed by atoms with Gasteiger partial charge in [-0.2, -0.15) is 0 Å². The van der Waals surface area contributed by atoms with Gasteiger partial charge >= 0.3 is 0 Å². The number of nitrogens with zero attached hydrogens (tertiary/aromatic N) is 2. The Morgan fingerprint density at radius 1 is 1.13 bits per heavy atom. The van der Waals surface area contributed by atoms with Crippen LogP contribution in [-0.2, 0) is 0 Å². The Bertz CT molecular complexity index is 331. The number of methoxy groups -OCH3 is 1. The standard InChI is InChI=1S/C7H7NO3.CH3NO2/c1-11-7-4-2-6(3-5-7)8(9)10;1-2(3)4/h2-5H,1H3;1H3. The molecule has 0 saturated heterocycles. The minimum Gasteiger partial charge on any atom is -0.497 e. The molecule has 1 rings (SSSR count). The molecule has 0 aliphatic carbocycles. The Balaban J connectivity index is 0.000000423. The van der Waals surface area contributed by atoms with E-state index in [0.29, 0.717) is 5.75 Å². The van der Waals surface area contributed by atoms with E-state index in [9.17, 15) is 10.1 Å². The number of hydrogen-bond donors (Lipinski definition) is 0. The van der Waals surface area contributed by atoms with E-state index >= 15 is 0 Å². The maximum absolute atomic E-state index is 10.2. The first-order valence-electron chi connectivity index (χ1n) is 3.83. The van der Waals surface area contributed by atoms with Crippen LogP contribution in [0.1, 0.15) is 0 Å². The van der Waals surface area contributed by atoms with Crippen LogP contribution in [-0.4, -0.2) is 24.0 Å². The first-order valence-corrected chi connectivity index (χ1v) is 3.83. The summed E-state index contributed by atoms with van der Waals surface area (Å²) in [4.78, 5) is 18.0. The maximum atomic E-state index is 10.2. The van der Waals surface area contributed by atoms with Gasteiger partial charge in [-0.15, -0.1) is 0 Å².